The van der Waals surface area contributed by atoms with E-state index in [4.69, 9.17) is 4.74 Å². The van der Waals surface area contributed by atoms with Crippen molar-refractivity contribution in [2.24, 2.45) is 0 Å². The third kappa shape index (κ3) is 4.70. The van der Waals surface area contributed by atoms with Gasteiger partial charge in [-0.1, -0.05) is 24.3 Å². The number of hydrogen-bond donors (Lipinski definition) is 1. The van der Waals surface area contributed by atoms with Crippen LogP contribution in [-0.4, -0.2) is 34.5 Å². The molecule has 1 aliphatic heterocycles. The first kappa shape index (κ1) is 17.6. The molecule has 0 aliphatic carbocycles. The molecule has 2 aromatic heterocycles. The molecule has 1 aliphatic rings. The van der Waals surface area contributed by atoms with E-state index in [0.717, 1.165) is 37.6 Å². The summed E-state index contributed by atoms with van der Waals surface area (Å²) in [5.41, 5.74) is 3.48. The molecule has 0 amide bonds. The van der Waals surface area contributed by atoms with Crippen LogP contribution in [0, 0.1) is 0 Å². The van der Waals surface area contributed by atoms with Gasteiger partial charge in [-0.2, -0.15) is 0 Å². The van der Waals surface area contributed by atoms with Crippen LogP contribution in [-0.2, 0) is 13.2 Å². The monoisotopic (exact) mass is 360 g/mol. The molecule has 0 spiro atoms. The maximum absolute atomic E-state index is 5.83. The van der Waals surface area contributed by atoms with E-state index in [1.54, 1.807) is 6.20 Å². The Labute approximate surface area is 160 Å². The van der Waals surface area contributed by atoms with Crippen molar-refractivity contribution >= 4 is 0 Å². The Kier molecular flexibility index (Phi) is 5.72. The molecule has 0 bridgehead atoms. The van der Waals surface area contributed by atoms with Crippen molar-refractivity contribution < 1.29 is 4.74 Å². The minimum atomic E-state index is 0.354. The minimum Gasteiger partial charge on any atom is -0.487 e. The summed E-state index contributed by atoms with van der Waals surface area (Å²) in [4.78, 5) is 11.1. The number of hydrogen-bond acceptors (Lipinski definition) is 5. The van der Waals surface area contributed by atoms with Gasteiger partial charge in [-0.3, -0.25) is 14.9 Å². The Morgan fingerprint density at radius 2 is 1.96 bits per heavy atom. The summed E-state index contributed by atoms with van der Waals surface area (Å²) in [5, 5.41) is 3.50. The fourth-order valence-electron chi connectivity index (χ4n) is 3.40. The van der Waals surface area contributed by atoms with Crippen LogP contribution >= 0.6 is 0 Å². The van der Waals surface area contributed by atoms with E-state index < -0.39 is 0 Å². The fraction of sp³-hybridized carbons (Fsp3) is 0.273. The average Bonchev–Trinajstić information content (AvgIpc) is 2.75. The number of nitrogens with one attached hydrogen (secondary N) is 1. The van der Waals surface area contributed by atoms with Gasteiger partial charge in [-0.05, 0) is 41.5 Å². The Hall–Kier alpha value is -2.76. The predicted molar refractivity (Wildman–Crippen MR) is 105 cm³/mol. The Morgan fingerprint density at radius 3 is 2.74 bits per heavy atom. The number of benzene rings is 1. The van der Waals surface area contributed by atoms with Crippen LogP contribution in [0.25, 0.3) is 0 Å². The molecule has 4 rings (SSSR count). The maximum atomic E-state index is 5.83. The lowest BCUT2D eigenvalue weighted by atomic mass is 10.0. The van der Waals surface area contributed by atoms with Crippen LogP contribution in [0.15, 0.2) is 73.2 Å². The smallest absolute Gasteiger partial charge is 0.130 e. The summed E-state index contributed by atoms with van der Waals surface area (Å²) in [7, 11) is 0. The molecule has 1 unspecified atom stereocenters. The molecular formula is C22H24N4O. The molecule has 3 aromatic rings. The normalized spacial score (nSPS) is 17.6. The van der Waals surface area contributed by atoms with Gasteiger partial charge in [0.2, 0.25) is 0 Å². The zero-order valence-electron chi connectivity index (χ0n) is 15.3. The number of rotatable bonds is 6. The molecule has 138 valence electrons. The SMILES string of the molecule is c1ccc(COc2ccc(CN3CCNCC3c3cccnc3)cc2)nc1. The summed E-state index contributed by atoms with van der Waals surface area (Å²) < 4.78 is 5.83. The van der Waals surface area contributed by atoms with Gasteiger partial charge in [0.1, 0.15) is 12.4 Å². The fourth-order valence-corrected chi connectivity index (χ4v) is 3.40. The molecule has 1 aromatic carbocycles. The van der Waals surface area contributed by atoms with Gasteiger partial charge >= 0.3 is 0 Å². The highest BCUT2D eigenvalue weighted by atomic mass is 16.5. The molecule has 3 heterocycles. The number of ether oxygens (including phenoxy) is 1. The highest BCUT2D eigenvalue weighted by Gasteiger charge is 2.23. The number of nitrogens with zero attached hydrogens (tertiary/aromatic N) is 3. The first-order valence-electron chi connectivity index (χ1n) is 9.35. The van der Waals surface area contributed by atoms with Gasteiger partial charge in [0.25, 0.3) is 0 Å². The van der Waals surface area contributed by atoms with Crippen molar-refractivity contribution in [3.63, 3.8) is 0 Å². The van der Waals surface area contributed by atoms with Gasteiger partial charge in [-0.25, -0.2) is 0 Å². The van der Waals surface area contributed by atoms with E-state index in [0.29, 0.717) is 12.6 Å². The van der Waals surface area contributed by atoms with Crippen molar-refractivity contribution in [3.05, 3.63) is 90.0 Å². The topological polar surface area (TPSA) is 50.3 Å². The van der Waals surface area contributed by atoms with Gasteiger partial charge in [-0.15, -0.1) is 0 Å². The van der Waals surface area contributed by atoms with Crippen molar-refractivity contribution in [2.45, 2.75) is 19.2 Å². The Bertz CT molecular complexity index is 824. The van der Waals surface area contributed by atoms with Crippen LogP contribution in [0.3, 0.4) is 0 Å². The van der Waals surface area contributed by atoms with Crippen LogP contribution in [0.4, 0.5) is 0 Å². The summed E-state index contributed by atoms with van der Waals surface area (Å²) >= 11 is 0. The van der Waals surface area contributed by atoms with Gasteiger partial charge < -0.3 is 10.1 Å². The van der Waals surface area contributed by atoms with Crippen molar-refractivity contribution in [3.8, 4) is 5.75 Å². The first-order chi connectivity index (χ1) is 13.4. The second-order valence-electron chi connectivity index (χ2n) is 6.73. The highest BCUT2D eigenvalue weighted by molar-refractivity contribution is 5.28. The molecule has 1 saturated heterocycles. The highest BCUT2D eigenvalue weighted by Crippen LogP contribution is 2.24. The largest absolute Gasteiger partial charge is 0.487 e. The van der Waals surface area contributed by atoms with Crippen molar-refractivity contribution in [2.75, 3.05) is 19.6 Å². The van der Waals surface area contributed by atoms with Crippen LogP contribution < -0.4 is 10.1 Å². The maximum Gasteiger partial charge on any atom is 0.130 e. The molecule has 1 fully saturated rings. The second-order valence-corrected chi connectivity index (χ2v) is 6.73. The summed E-state index contributed by atoms with van der Waals surface area (Å²) in [5.74, 6) is 0.869. The molecule has 5 nitrogen and oxygen atoms in total. The van der Waals surface area contributed by atoms with E-state index >= 15 is 0 Å². The van der Waals surface area contributed by atoms with Gasteiger partial charge in [0, 0.05) is 50.8 Å². The molecule has 0 radical (unpaired) electrons. The molecule has 27 heavy (non-hydrogen) atoms. The zero-order valence-corrected chi connectivity index (χ0v) is 15.3. The second kappa shape index (κ2) is 8.75. The average molecular weight is 360 g/mol. The van der Waals surface area contributed by atoms with Crippen LogP contribution in [0.1, 0.15) is 22.9 Å². The summed E-state index contributed by atoms with van der Waals surface area (Å²) in [6, 6.07) is 18.8. The van der Waals surface area contributed by atoms with Crippen molar-refractivity contribution in [1.29, 1.82) is 0 Å². The first-order valence-corrected chi connectivity index (χ1v) is 9.35. The lowest BCUT2D eigenvalue weighted by molar-refractivity contribution is 0.153. The Morgan fingerprint density at radius 1 is 1.04 bits per heavy atom. The lowest BCUT2D eigenvalue weighted by Crippen LogP contribution is -2.45. The lowest BCUT2D eigenvalue weighted by Gasteiger charge is -2.36. The number of pyridine rings is 2. The number of piperazine rings is 1. The molecule has 5 heteroatoms. The van der Waals surface area contributed by atoms with Gasteiger partial charge in [0.05, 0.1) is 5.69 Å². The van der Waals surface area contributed by atoms with Crippen molar-refractivity contribution in [1.82, 2.24) is 20.2 Å². The minimum absolute atomic E-state index is 0.354. The summed E-state index contributed by atoms with van der Waals surface area (Å²) in [6.07, 6.45) is 5.58. The van der Waals surface area contributed by atoms with E-state index in [2.05, 4.69) is 38.4 Å². The molecule has 0 saturated carbocycles. The standard InChI is InChI=1S/C22H24N4O/c1-2-11-25-20(5-1)17-27-21-8-6-18(7-9-21)16-26-13-12-24-15-22(26)19-4-3-10-23-14-19/h1-11,14,22,24H,12-13,15-17H2. The zero-order chi connectivity index (χ0) is 18.3. The number of aromatic nitrogens is 2. The van der Waals surface area contributed by atoms with Crippen LogP contribution in [0.2, 0.25) is 0 Å². The third-order valence-electron chi connectivity index (χ3n) is 4.85. The predicted octanol–water partition coefficient (Wildman–Crippen LogP) is 3.20. The molecular weight excluding hydrogens is 336 g/mol. The van der Waals surface area contributed by atoms with E-state index in [1.807, 2.05) is 48.8 Å². The summed E-state index contributed by atoms with van der Waals surface area (Å²) in [6.45, 7) is 4.40. The molecule has 1 N–H and O–H groups in total. The van der Waals surface area contributed by atoms with Crippen LogP contribution in [0.5, 0.6) is 5.75 Å². The van der Waals surface area contributed by atoms with Gasteiger partial charge in [0.15, 0.2) is 0 Å². The third-order valence-corrected chi connectivity index (χ3v) is 4.85. The van der Waals surface area contributed by atoms with E-state index in [1.165, 1.54) is 11.1 Å². The quantitative estimate of drug-likeness (QED) is 0.732. The molecule has 1 atom stereocenters. The van der Waals surface area contributed by atoms with E-state index in [9.17, 15) is 0 Å². The Balaban J connectivity index is 1.38. The van der Waals surface area contributed by atoms with E-state index in [-0.39, 0.29) is 0 Å².